The molecule has 1 N–H and O–H groups in total. The molecule has 0 amide bonds. The third kappa shape index (κ3) is 4.98. The normalized spacial score (nSPS) is 10.8. The van der Waals surface area contributed by atoms with E-state index in [0.717, 1.165) is 10.1 Å². The molecule has 8 heteroatoms. The van der Waals surface area contributed by atoms with Gasteiger partial charge in [0.2, 0.25) is 5.13 Å². The summed E-state index contributed by atoms with van der Waals surface area (Å²) in [6.45, 7) is 0.123. The summed E-state index contributed by atoms with van der Waals surface area (Å²) in [5.74, 6) is 1.85. The van der Waals surface area contributed by atoms with Gasteiger partial charge in [0.25, 0.3) is 0 Å². The summed E-state index contributed by atoms with van der Waals surface area (Å²) in [7, 11) is 3.11. The highest BCUT2D eigenvalue weighted by atomic mass is 32.2. The molecule has 3 aromatic carbocycles. The van der Waals surface area contributed by atoms with Crippen LogP contribution in [-0.4, -0.2) is 36.7 Å². The Labute approximate surface area is 188 Å². The van der Waals surface area contributed by atoms with Crippen molar-refractivity contribution in [1.82, 2.24) is 10.2 Å². The van der Waals surface area contributed by atoms with E-state index in [2.05, 4.69) is 51.9 Å². The number of methoxy groups -OCH3 is 2. The quantitative estimate of drug-likeness (QED) is 0.274. The lowest BCUT2D eigenvalue weighted by atomic mass is 10.1. The second-order valence-corrected chi connectivity index (χ2v) is 8.85. The van der Waals surface area contributed by atoms with Crippen molar-refractivity contribution in [3.8, 4) is 11.5 Å². The number of hydrogen-bond donors (Lipinski definition) is 1. The number of nitrogens with zero attached hydrogens (tertiary/aromatic N) is 2. The van der Waals surface area contributed by atoms with Gasteiger partial charge in [0.15, 0.2) is 21.6 Å². The number of nitrogens with one attached hydrogen (secondary N) is 1. The first kappa shape index (κ1) is 21.1. The zero-order chi connectivity index (χ0) is 21.6. The number of carbonyl (C=O) groups excluding carboxylic acids is 1. The van der Waals surface area contributed by atoms with Gasteiger partial charge in [-0.15, -0.1) is 10.2 Å². The summed E-state index contributed by atoms with van der Waals surface area (Å²) in [6, 6.07) is 19.8. The minimum absolute atomic E-state index is 0.0684. The van der Waals surface area contributed by atoms with E-state index in [0.29, 0.717) is 22.2 Å². The van der Waals surface area contributed by atoms with Crippen molar-refractivity contribution < 1.29 is 14.3 Å². The van der Waals surface area contributed by atoms with Gasteiger partial charge in [-0.1, -0.05) is 65.6 Å². The maximum atomic E-state index is 12.5. The topological polar surface area (TPSA) is 73.3 Å². The van der Waals surface area contributed by atoms with Crippen molar-refractivity contribution in [3.05, 3.63) is 71.8 Å². The molecule has 0 saturated carbocycles. The van der Waals surface area contributed by atoms with E-state index in [-0.39, 0.29) is 12.3 Å². The van der Waals surface area contributed by atoms with Crippen molar-refractivity contribution in [2.75, 3.05) is 26.1 Å². The van der Waals surface area contributed by atoms with E-state index in [1.54, 1.807) is 44.2 Å². The van der Waals surface area contributed by atoms with Crippen molar-refractivity contribution in [2.24, 2.45) is 0 Å². The van der Waals surface area contributed by atoms with Crippen LogP contribution in [0.1, 0.15) is 15.9 Å². The minimum Gasteiger partial charge on any atom is -0.493 e. The molecule has 31 heavy (non-hydrogen) atoms. The lowest BCUT2D eigenvalue weighted by molar-refractivity contribution is 0.101. The number of benzene rings is 3. The number of anilines is 1. The van der Waals surface area contributed by atoms with Gasteiger partial charge in [0.05, 0.1) is 20.8 Å². The highest BCUT2D eigenvalue weighted by Gasteiger charge is 2.12. The fourth-order valence-corrected chi connectivity index (χ4v) is 4.92. The zero-order valence-corrected chi connectivity index (χ0v) is 18.8. The van der Waals surface area contributed by atoms with Crippen LogP contribution in [0.15, 0.2) is 65.0 Å². The molecule has 0 saturated heterocycles. The van der Waals surface area contributed by atoms with Crippen LogP contribution < -0.4 is 14.8 Å². The number of carbonyl (C=O) groups is 1. The summed E-state index contributed by atoms with van der Waals surface area (Å²) in [6.07, 6.45) is 0. The number of Topliss-reactive ketones (excluding diaryl/α,β-unsaturated/α-hetero) is 1. The fourth-order valence-electron chi connectivity index (χ4n) is 3.16. The number of hydrogen-bond acceptors (Lipinski definition) is 8. The molecule has 158 valence electrons. The first-order valence-electron chi connectivity index (χ1n) is 9.60. The van der Waals surface area contributed by atoms with Crippen LogP contribution in [0.5, 0.6) is 11.5 Å². The molecule has 0 spiro atoms. The molecule has 4 rings (SSSR count). The largest absolute Gasteiger partial charge is 0.493 e. The maximum absolute atomic E-state index is 12.5. The Morgan fingerprint density at radius 3 is 2.65 bits per heavy atom. The summed E-state index contributed by atoms with van der Waals surface area (Å²) >= 11 is 3.08. The van der Waals surface area contributed by atoms with Gasteiger partial charge in [-0.05, 0) is 34.5 Å². The summed E-state index contributed by atoms with van der Waals surface area (Å²) in [4.78, 5) is 12.5. The Kier molecular flexibility index (Phi) is 6.69. The van der Waals surface area contributed by atoms with Gasteiger partial charge in [-0.2, -0.15) is 0 Å². The van der Waals surface area contributed by atoms with Crippen LogP contribution in [0.2, 0.25) is 0 Å². The maximum Gasteiger partial charge on any atom is 0.206 e. The molecule has 0 aliphatic heterocycles. The number of rotatable bonds is 9. The Bertz CT molecular complexity index is 1200. The summed E-state index contributed by atoms with van der Waals surface area (Å²) in [5, 5.41) is 14.6. The molecule has 4 aromatic rings. The first-order chi connectivity index (χ1) is 15.2. The Morgan fingerprint density at radius 2 is 1.81 bits per heavy atom. The van der Waals surface area contributed by atoms with Gasteiger partial charge >= 0.3 is 0 Å². The van der Waals surface area contributed by atoms with Crippen molar-refractivity contribution in [3.63, 3.8) is 0 Å². The predicted molar refractivity (Wildman–Crippen MR) is 126 cm³/mol. The average molecular weight is 452 g/mol. The third-order valence-corrected chi connectivity index (χ3v) is 6.81. The van der Waals surface area contributed by atoms with E-state index >= 15 is 0 Å². The van der Waals surface area contributed by atoms with Gasteiger partial charge in [-0.3, -0.25) is 4.79 Å². The van der Waals surface area contributed by atoms with Crippen molar-refractivity contribution >= 4 is 44.8 Å². The Morgan fingerprint density at radius 1 is 1.00 bits per heavy atom. The van der Waals surface area contributed by atoms with E-state index in [1.165, 1.54) is 27.7 Å². The first-order valence-corrected chi connectivity index (χ1v) is 11.4. The minimum atomic E-state index is -0.0684. The van der Waals surface area contributed by atoms with Crippen molar-refractivity contribution in [2.45, 2.75) is 10.1 Å². The molecule has 0 aliphatic rings. The highest BCUT2D eigenvalue weighted by molar-refractivity contribution is 8.00. The van der Waals surface area contributed by atoms with Crippen LogP contribution in [0, 0.1) is 0 Å². The van der Waals surface area contributed by atoms with Crippen LogP contribution >= 0.6 is 23.1 Å². The SMILES string of the molecule is COc1ccc(C(=O)CNc2nnc(SCc3cccc4ccccc34)s2)cc1OC. The number of ether oxygens (including phenoxy) is 2. The lowest BCUT2D eigenvalue weighted by Crippen LogP contribution is -2.14. The molecule has 0 atom stereocenters. The Balaban J connectivity index is 1.35. The van der Waals surface area contributed by atoms with E-state index in [4.69, 9.17) is 9.47 Å². The molecular formula is C23H21N3O3S2. The van der Waals surface area contributed by atoms with Gasteiger partial charge in [0, 0.05) is 11.3 Å². The number of fused-ring (bicyclic) bond motifs is 1. The predicted octanol–water partition coefficient (Wildman–Crippen LogP) is 5.30. The average Bonchev–Trinajstić information content (AvgIpc) is 3.28. The zero-order valence-electron chi connectivity index (χ0n) is 17.1. The molecule has 1 aromatic heterocycles. The monoisotopic (exact) mass is 451 g/mol. The second-order valence-electron chi connectivity index (χ2n) is 6.65. The lowest BCUT2D eigenvalue weighted by Gasteiger charge is -2.09. The highest BCUT2D eigenvalue weighted by Crippen LogP contribution is 2.31. The molecule has 6 nitrogen and oxygen atoms in total. The summed E-state index contributed by atoms with van der Waals surface area (Å²) in [5.41, 5.74) is 1.80. The van der Waals surface area contributed by atoms with Gasteiger partial charge in [0.1, 0.15) is 0 Å². The van der Waals surface area contributed by atoms with Crippen molar-refractivity contribution in [1.29, 1.82) is 0 Å². The van der Waals surface area contributed by atoms with Crippen LogP contribution in [0.25, 0.3) is 10.8 Å². The van der Waals surface area contributed by atoms with Crippen LogP contribution in [0.4, 0.5) is 5.13 Å². The molecule has 1 heterocycles. The molecule has 0 fully saturated rings. The van der Waals surface area contributed by atoms with Crippen LogP contribution in [-0.2, 0) is 5.75 Å². The molecule has 0 aliphatic carbocycles. The third-order valence-electron chi connectivity index (χ3n) is 4.74. The fraction of sp³-hybridized carbons (Fsp3) is 0.174. The number of aromatic nitrogens is 2. The Hall–Kier alpha value is -3.10. The molecule has 0 bridgehead atoms. The molecule has 0 radical (unpaired) electrons. The van der Waals surface area contributed by atoms with Gasteiger partial charge in [-0.25, -0.2) is 0 Å². The van der Waals surface area contributed by atoms with Crippen LogP contribution in [0.3, 0.4) is 0 Å². The van der Waals surface area contributed by atoms with E-state index in [9.17, 15) is 4.79 Å². The smallest absolute Gasteiger partial charge is 0.206 e. The summed E-state index contributed by atoms with van der Waals surface area (Å²) < 4.78 is 11.3. The van der Waals surface area contributed by atoms with E-state index < -0.39 is 0 Å². The van der Waals surface area contributed by atoms with Gasteiger partial charge < -0.3 is 14.8 Å². The second kappa shape index (κ2) is 9.80. The molecular weight excluding hydrogens is 430 g/mol. The number of ketones is 1. The standard InChI is InChI=1S/C23H21N3O3S2/c1-28-20-11-10-16(12-21(20)29-2)19(27)13-24-22-25-26-23(31-22)30-14-17-8-5-7-15-6-3-4-9-18(15)17/h3-12H,13-14H2,1-2H3,(H,24,25). The number of thioether (sulfide) groups is 1. The van der Waals surface area contributed by atoms with E-state index in [1.807, 2.05) is 6.07 Å². The molecule has 0 unspecified atom stereocenters.